The first-order valence-electron chi connectivity index (χ1n) is 5.87. The van der Waals surface area contributed by atoms with Crippen molar-refractivity contribution in [2.24, 2.45) is 5.92 Å². The molecule has 0 radical (unpaired) electrons. The minimum Gasteiger partial charge on any atom is -0.331 e. The summed E-state index contributed by atoms with van der Waals surface area (Å²) in [6, 6.07) is 3.80. The van der Waals surface area contributed by atoms with E-state index in [-0.39, 0.29) is 5.91 Å². The lowest BCUT2D eigenvalue weighted by Crippen LogP contribution is -2.34. The molecule has 1 fully saturated rings. The van der Waals surface area contributed by atoms with Gasteiger partial charge in [0, 0.05) is 17.6 Å². The Bertz CT molecular complexity index is 496. The van der Waals surface area contributed by atoms with Gasteiger partial charge in [-0.2, -0.15) is 0 Å². The van der Waals surface area contributed by atoms with Crippen molar-refractivity contribution in [3.8, 4) is 0 Å². The van der Waals surface area contributed by atoms with Crippen molar-refractivity contribution in [3.05, 3.63) is 33.3 Å². The normalized spacial score (nSPS) is 20.6. The van der Waals surface area contributed by atoms with E-state index in [9.17, 15) is 4.79 Å². The Morgan fingerprint density at radius 3 is 2.71 bits per heavy atom. The third-order valence-electron chi connectivity index (χ3n) is 3.75. The number of hydrogen-bond acceptors (Lipinski definition) is 1. The van der Waals surface area contributed by atoms with Crippen LogP contribution in [0.4, 0.5) is 0 Å². The first-order chi connectivity index (χ1) is 8.08. The van der Waals surface area contributed by atoms with Crippen LogP contribution in [0.15, 0.2) is 12.1 Å². The maximum atomic E-state index is 12.3. The predicted molar refractivity (Wildman–Crippen MR) is 68.5 cm³/mol. The van der Waals surface area contributed by atoms with Gasteiger partial charge in [-0.3, -0.25) is 4.79 Å². The fourth-order valence-electron chi connectivity index (χ4n) is 2.55. The van der Waals surface area contributed by atoms with Gasteiger partial charge in [0.1, 0.15) is 0 Å². The molecular formula is C13H13Cl2NO. The van der Waals surface area contributed by atoms with Crippen molar-refractivity contribution >= 4 is 29.1 Å². The van der Waals surface area contributed by atoms with Crippen molar-refractivity contribution in [2.75, 3.05) is 0 Å². The van der Waals surface area contributed by atoms with Gasteiger partial charge in [0.05, 0.1) is 10.6 Å². The summed E-state index contributed by atoms with van der Waals surface area (Å²) < 4.78 is 0. The van der Waals surface area contributed by atoms with Gasteiger partial charge in [0.2, 0.25) is 0 Å². The average molecular weight is 270 g/mol. The molecule has 0 bridgehead atoms. The zero-order chi connectivity index (χ0) is 12.2. The molecule has 1 amide bonds. The van der Waals surface area contributed by atoms with E-state index < -0.39 is 0 Å². The maximum Gasteiger partial charge on any atom is 0.256 e. The predicted octanol–water partition coefficient (Wildman–Crippen LogP) is 3.75. The van der Waals surface area contributed by atoms with Crippen LogP contribution in [-0.2, 0) is 6.54 Å². The van der Waals surface area contributed by atoms with Crippen LogP contribution in [0.5, 0.6) is 0 Å². The Labute approximate surface area is 111 Å². The first kappa shape index (κ1) is 11.4. The molecule has 0 N–H and O–H groups in total. The molecule has 2 aliphatic rings. The van der Waals surface area contributed by atoms with Crippen LogP contribution >= 0.6 is 23.2 Å². The van der Waals surface area contributed by atoms with Gasteiger partial charge in [-0.05, 0) is 43.4 Å². The number of hydrogen-bond donors (Lipinski definition) is 0. The van der Waals surface area contributed by atoms with Crippen LogP contribution < -0.4 is 0 Å². The molecule has 1 aliphatic heterocycles. The molecule has 4 heteroatoms. The summed E-state index contributed by atoms with van der Waals surface area (Å²) in [5.41, 5.74) is 1.60. The summed E-state index contributed by atoms with van der Waals surface area (Å²) in [7, 11) is 0. The highest BCUT2D eigenvalue weighted by atomic mass is 35.5. The second-order valence-electron chi connectivity index (χ2n) is 4.93. The van der Waals surface area contributed by atoms with Gasteiger partial charge in [-0.25, -0.2) is 0 Å². The van der Waals surface area contributed by atoms with Gasteiger partial charge in [0.15, 0.2) is 0 Å². The van der Waals surface area contributed by atoms with E-state index in [1.165, 1.54) is 12.8 Å². The molecule has 1 aromatic carbocycles. The third kappa shape index (κ3) is 1.84. The van der Waals surface area contributed by atoms with E-state index in [1.54, 1.807) is 6.07 Å². The van der Waals surface area contributed by atoms with Crippen molar-refractivity contribution < 1.29 is 4.79 Å². The van der Waals surface area contributed by atoms with Gasteiger partial charge in [-0.1, -0.05) is 23.2 Å². The van der Waals surface area contributed by atoms with Crippen molar-refractivity contribution in [1.82, 2.24) is 4.90 Å². The van der Waals surface area contributed by atoms with E-state index in [4.69, 9.17) is 23.2 Å². The Hall–Kier alpha value is -0.730. The average Bonchev–Trinajstić information content (AvgIpc) is 3.03. The molecule has 1 atom stereocenters. The summed E-state index contributed by atoms with van der Waals surface area (Å²) in [6.07, 6.45) is 2.46. The van der Waals surface area contributed by atoms with Crippen LogP contribution in [0.3, 0.4) is 0 Å². The second kappa shape index (κ2) is 3.89. The number of halogens is 2. The molecule has 90 valence electrons. The Morgan fingerprint density at radius 2 is 2.06 bits per heavy atom. The Morgan fingerprint density at radius 1 is 1.35 bits per heavy atom. The Balaban J connectivity index is 1.96. The van der Waals surface area contributed by atoms with Gasteiger partial charge in [0.25, 0.3) is 5.91 Å². The minimum atomic E-state index is 0.0565. The zero-order valence-corrected chi connectivity index (χ0v) is 11.1. The number of fused-ring (bicyclic) bond motifs is 1. The smallest absolute Gasteiger partial charge is 0.256 e. The van der Waals surface area contributed by atoms with Crippen LogP contribution in [0.25, 0.3) is 0 Å². The van der Waals surface area contributed by atoms with Crippen LogP contribution in [0, 0.1) is 5.92 Å². The van der Waals surface area contributed by atoms with Crippen molar-refractivity contribution in [2.45, 2.75) is 32.4 Å². The van der Waals surface area contributed by atoms with Gasteiger partial charge >= 0.3 is 0 Å². The lowest BCUT2D eigenvalue weighted by molar-refractivity contribution is 0.0697. The summed E-state index contributed by atoms with van der Waals surface area (Å²) in [6.45, 7) is 2.77. The molecule has 1 saturated carbocycles. The SMILES string of the molecule is C[C@@H](C1CC1)N1Cc2cc(Cl)cc(Cl)c2C1=O. The number of amides is 1. The highest BCUT2D eigenvalue weighted by molar-refractivity contribution is 6.37. The summed E-state index contributed by atoms with van der Waals surface area (Å²) in [5, 5.41) is 1.07. The molecule has 0 saturated heterocycles. The van der Waals surface area contributed by atoms with Crippen molar-refractivity contribution in [3.63, 3.8) is 0 Å². The van der Waals surface area contributed by atoms with E-state index in [0.717, 1.165) is 5.56 Å². The lowest BCUT2D eigenvalue weighted by atomic mass is 10.1. The second-order valence-corrected chi connectivity index (χ2v) is 5.78. The Kier molecular flexibility index (Phi) is 2.60. The molecular weight excluding hydrogens is 257 g/mol. The number of carbonyl (C=O) groups excluding carboxylic acids is 1. The van der Waals surface area contributed by atoms with Gasteiger partial charge < -0.3 is 4.90 Å². The van der Waals surface area contributed by atoms with Crippen LogP contribution in [0.1, 0.15) is 35.7 Å². The van der Waals surface area contributed by atoms with E-state index in [2.05, 4.69) is 6.92 Å². The zero-order valence-electron chi connectivity index (χ0n) is 9.54. The van der Waals surface area contributed by atoms with Crippen molar-refractivity contribution in [1.29, 1.82) is 0 Å². The van der Waals surface area contributed by atoms with Crippen LogP contribution in [-0.4, -0.2) is 16.8 Å². The molecule has 1 aliphatic carbocycles. The summed E-state index contributed by atoms with van der Waals surface area (Å²) in [5.74, 6) is 0.726. The number of benzene rings is 1. The highest BCUT2D eigenvalue weighted by Gasteiger charge is 2.39. The minimum absolute atomic E-state index is 0.0565. The summed E-state index contributed by atoms with van der Waals surface area (Å²) in [4.78, 5) is 14.2. The molecule has 0 unspecified atom stereocenters. The molecule has 1 heterocycles. The standard InChI is InChI=1S/C13H13Cl2NO/c1-7(8-2-3-8)16-6-9-4-10(14)5-11(15)12(9)13(16)17/h4-5,7-8H,2-3,6H2,1H3/t7-/m0/s1. The first-order valence-corrected chi connectivity index (χ1v) is 6.62. The molecule has 1 aromatic rings. The van der Waals surface area contributed by atoms with Crippen LogP contribution in [0.2, 0.25) is 10.0 Å². The van der Waals surface area contributed by atoms with E-state index in [1.807, 2.05) is 11.0 Å². The number of nitrogens with zero attached hydrogens (tertiary/aromatic N) is 1. The monoisotopic (exact) mass is 269 g/mol. The topological polar surface area (TPSA) is 20.3 Å². The molecule has 0 aromatic heterocycles. The molecule has 17 heavy (non-hydrogen) atoms. The molecule has 3 rings (SSSR count). The fraction of sp³-hybridized carbons (Fsp3) is 0.462. The lowest BCUT2D eigenvalue weighted by Gasteiger charge is -2.23. The number of carbonyl (C=O) groups is 1. The molecule has 2 nitrogen and oxygen atoms in total. The number of rotatable bonds is 2. The van der Waals surface area contributed by atoms with Gasteiger partial charge in [-0.15, -0.1) is 0 Å². The molecule has 0 spiro atoms. The van der Waals surface area contributed by atoms with E-state index in [0.29, 0.717) is 34.1 Å². The fourth-order valence-corrected chi connectivity index (χ4v) is 3.17. The highest BCUT2D eigenvalue weighted by Crippen LogP contribution is 2.40. The summed E-state index contributed by atoms with van der Waals surface area (Å²) >= 11 is 12.1. The van der Waals surface area contributed by atoms with E-state index >= 15 is 0 Å². The quantitative estimate of drug-likeness (QED) is 0.801. The largest absolute Gasteiger partial charge is 0.331 e. The third-order valence-corrected chi connectivity index (χ3v) is 4.26. The maximum absolute atomic E-state index is 12.3.